The van der Waals surface area contributed by atoms with Gasteiger partial charge in [0.15, 0.2) is 11.7 Å². The van der Waals surface area contributed by atoms with E-state index in [4.69, 9.17) is 9.84 Å². The van der Waals surface area contributed by atoms with Crippen LogP contribution in [0.5, 0.6) is 0 Å². The molecule has 0 bridgehead atoms. The maximum absolute atomic E-state index is 14.8. The zero-order valence-electron chi connectivity index (χ0n) is 19.3. The van der Waals surface area contributed by atoms with Gasteiger partial charge in [0, 0.05) is 6.61 Å². The molecule has 5 nitrogen and oxygen atoms in total. The Morgan fingerprint density at radius 3 is 2.38 bits per heavy atom. The topological polar surface area (TPSA) is 70.6 Å². The van der Waals surface area contributed by atoms with Crippen molar-refractivity contribution >= 4 is 16.7 Å². The number of halogens is 3. The van der Waals surface area contributed by atoms with Crippen LogP contribution in [0.25, 0.3) is 0 Å². The molecule has 1 aromatic rings. The van der Waals surface area contributed by atoms with Gasteiger partial charge in [0.25, 0.3) is 0 Å². The standard InChI is InChI=1S/C21H27F3N2O3S.C2H6/c1-13-6-7-17(16(23)12-13)25-20(18(24)14(2)22)19(15(3)29-4)26-30(28)21(9-10-21)8-5-11-27;1-2/h6-7,12,25-27H,2,5,8-11H2,1,3-4H3;1-2H3/b19-15-,20-18-;. The second-order valence-corrected chi connectivity index (χ2v) is 8.83. The summed E-state index contributed by atoms with van der Waals surface area (Å²) >= 11 is 0. The quantitative estimate of drug-likeness (QED) is 0.285. The number of aryl methyl sites for hydroxylation is 1. The maximum atomic E-state index is 14.8. The van der Waals surface area contributed by atoms with Crippen molar-refractivity contribution in [1.82, 2.24) is 4.72 Å². The fourth-order valence-electron chi connectivity index (χ4n) is 2.89. The third-order valence-electron chi connectivity index (χ3n) is 4.94. The van der Waals surface area contributed by atoms with Gasteiger partial charge in [-0.15, -0.1) is 0 Å². The van der Waals surface area contributed by atoms with E-state index in [9.17, 15) is 17.4 Å². The number of aliphatic hydroxyl groups is 1. The number of allylic oxidation sites excluding steroid dienone is 3. The molecule has 0 spiro atoms. The van der Waals surface area contributed by atoms with Crippen LogP contribution in [-0.4, -0.2) is 27.8 Å². The number of aliphatic hydroxyl groups excluding tert-OH is 1. The van der Waals surface area contributed by atoms with E-state index in [1.807, 2.05) is 13.8 Å². The van der Waals surface area contributed by atoms with Crippen LogP contribution in [0, 0.1) is 12.7 Å². The minimum absolute atomic E-state index is 0.0333. The van der Waals surface area contributed by atoms with Gasteiger partial charge in [0.2, 0.25) is 0 Å². The molecule has 0 amide bonds. The number of hydrogen-bond donors (Lipinski definition) is 3. The average molecular weight is 475 g/mol. The van der Waals surface area contributed by atoms with E-state index in [1.165, 1.54) is 26.2 Å². The third-order valence-corrected chi connectivity index (χ3v) is 6.72. The van der Waals surface area contributed by atoms with Crippen molar-refractivity contribution in [3.05, 3.63) is 65.0 Å². The van der Waals surface area contributed by atoms with Crippen LogP contribution in [0.4, 0.5) is 18.9 Å². The van der Waals surface area contributed by atoms with Crippen molar-refractivity contribution in [3.63, 3.8) is 0 Å². The molecule has 2 rings (SSSR count). The van der Waals surface area contributed by atoms with Gasteiger partial charge in [0.1, 0.15) is 34.0 Å². The summed E-state index contributed by atoms with van der Waals surface area (Å²) in [5.41, 5.74) is -0.0257. The van der Waals surface area contributed by atoms with Crippen molar-refractivity contribution in [3.8, 4) is 0 Å². The van der Waals surface area contributed by atoms with Crippen LogP contribution >= 0.6 is 0 Å². The number of hydrogen-bond acceptors (Lipinski definition) is 4. The van der Waals surface area contributed by atoms with Gasteiger partial charge in [-0.1, -0.05) is 26.5 Å². The smallest absolute Gasteiger partial charge is 0.183 e. The monoisotopic (exact) mass is 474 g/mol. The molecule has 0 aromatic heterocycles. The van der Waals surface area contributed by atoms with Crippen LogP contribution in [0.1, 0.15) is 52.0 Å². The molecule has 0 saturated heterocycles. The van der Waals surface area contributed by atoms with E-state index in [1.54, 1.807) is 13.0 Å². The van der Waals surface area contributed by atoms with E-state index >= 15 is 0 Å². The van der Waals surface area contributed by atoms with Crippen molar-refractivity contribution in [1.29, 1.82) is 0 Å². The Balaban J connectivity index is 0.00000249. The SMILES string of the molecule is C=C(F)/C(F)=C(Nc1ccc(C)cc1F)\C(NS(=O)C1(CCCO)CC1)=C(/C)OC.CC. The van der Waals surface area contributed by atoms with E-state index in [2.05, 4.69) is 16.6 Å². The molecule has 0 heterocycles. The van der Waals surface area contributed by atoms with Gasteiger partial charge >= 0.3 is 0 Å². The van der Waals surface area contributed by atoms with E-state index in [-0.39, 0.29) is 23.8 Å². The highest BCUT2D eigenvalue weighted by molar-refractivity contribution is 7.85. The third kappa shape index (κ3) is 7.13. The van der Waals surface area contributed by atoms with Gasteiger partial charge in [-0.25, -0.2) is 17.4 Å². The van der Waals surface area contributed by atoms with Crippen LogP contribution < -0.4 is 10.0 Å². The first kappa shape index (κ1) is 27.8. The van der Waals surface area contributed by atoms with Gasteiger partial charge in [-0.2, -0.15) is 0 Å². The average Bonchev–Trinajstić information content (AvgIpc) is 3.57. The first-order valence-electron chi connectivity index (χ1n) is 10.5. The molecule has 1 aliphatic rings. The molecule has 1 aliphatic carbocycles. The second-order valence-electron chi connectivity index (χ2n) is 7.22. The van der Waals surface area contributed by atoms with Crippen LogP contribution in [-0.2, 0) is 15.7 Å². The predicted octanol–water partition coefficient (Wildman–Crippen LogP) is 5.67. The molecule has 9 heteroatoms. The highest BCUT2D eigenvalue weighted by Gasteiger charge is 2.48. The van der Waals surface area contributed by atoms with Gasteiger partial charge < -0.3 is 15.2 Å². The Morgan fingerprint density at radius 1 is 1.28 bits per heavy atom. The first-order valence-corrected chi connectivity index (χ1v) is 11.6. The number of rotatable bonds is 11. The lowest BCUT2D eigenvalue weighted by Gasteiger charge is -2.22. The lowest BCUT2D eigenvalue weighted by molar-refractivity contribution is 0.282. The van der Waals surface area contributed by atoms with E-state index in [0.717, 1.165) is 0 Å². The normalized spacial score (nSPS) is 16.5. The van der Waals surface area contributed by atoms with Crippen LogP contribution in [0.3, 0.4) is 0 Å². The molecule has 1 fully saturated rings. The zero-order valence-corrected chi connectivity index (χ0v) is 20.1. The van der Waals surface area contributed by atoms with Crippen LogP contribution in [0.15, 0.2) is 53.6 Å². The van der Waals surface area contributed by atoms with Crippen molar-refractivity contribution in [2.45, 2.75) is 58.1 Å². The number of nitrogens with one attached hydrogen (secondary N) is 2. The van der Waals surface area contributed by atoms with Crippen molar-refractivity contribution in [2.24, 2.45) is 0 Å². The maximum Gasteiger partial charge on any atom is 0.183 e. The Bertz CT molecular complexity index is 896. The summed E-state index contributed by atoms with van der Waals surface area (Å²) in [7, 11) is -0.352. The lowest BCUT2D eigenvalue weighted by Crippen LogP contribution is -2.32. The van der Waals surface area contributed by atoms with E-state index in [0.29, 0.717) is 31.2 Å². The number of ether oxygens (including phenoxy) is 1. The largest absolute Gasteiger partial charge is 0.499 e. The summed E-state index contributed by atoms with van der Waals surface area (Å²) in [4.78, 5) is 0. The molecule has 1 aromatic carbocycles. The lowest BCUT2D eigenvalue weighted by atomic mass is 10.2. The molecule has 3 N–H and O–H groups in total. The van der Waals surface area contributed by atoms with Gasteiger partial charge in [0.05, 0.1) is 17.5 Å². The Hall–Kier alpha value is -2.26. The Kier molecular flexibility index (Phi) is 11.0. The van der Waals surface area contributed by atoms with E-state index < -0.39 is 38.9 Å². The zero-order chi connectivity index (χ0) is 24.5. The minimum Gasteiger partial charge on any atom is -0.499 e. The number of methoxy groups -OCH3 is 1. The Labute approximate surface area is 191 Å². The fraction of sp³-hybridized carbons (Fsp3) is 0.478. The van der Waals surface area contributed by atoms with Crippen molar-refractivity contribution < 1.29 is 27.2 Å². The van der Waals surface area contributed by atoms with Crippen molar-refractivity contribution in [2.75, 3.05) is 19.0 Å². The first-order chi connectivity index (χ1) is 15.1. The molecule has 1 saturated carbocycles. The fourth-order valence-corrected chi connectivity index (χ4v) is 4.34. The van der Waals surface area contributed by atoms with Gasteiger partial charge in [-0.05, 0) is 57.2 Å². The number of benzene rings is 1. The summed E-state index contributed by atoms with van der Waals surface area (Å²) in [6.45, 7) is 10.1. The molecule has 32 heavy (non-hydrogen) atoms. The molecule has 180 valence electrons. The van der Waals surface area contributed by atoms with Crippen LogP contribution in [0.2, 0.25) is 0 Å². The second kappa shape index (κ2) is 12.7. The minimum atomic E-state index is -1.68. The highest BCUT2D eigenvalue weighted by Crippen LogP contribution is 2.45. The molecular formula is C23H33F3N2O3S. The molecule has 0 radical (unpaired) electrons. The molecule has 0 aliphatic heterocycles. The summed E-state index contributed by atoms with van der Waals surface area (Å²) in [6, 6.07) is 4.24. The molecule has 1 atom stereocenters. The molecule has 1 unspecified atom stereocenters. The predicted molar refractivity (Wildman–Crippen MR) is 124 cm³/mol. The molecular weight excluding hydrogens is 441 g/mol. The summed E-state index contributed by atoms with van der Waals surface area (Å²) in [5.74, 6) is -3.29. The number of anilines is 1. The summed E-state index contributed by atoms with van der Waals surface area (Å²) in [5, 5.41) is 11.6. The van der Waals surface area contributed by atoms with Gasteiger partial charge in [-0.3, -0.25) is 4.72 Å². The summed E-state index contributed by atoms with van der Waals surface area (Å²) in [6.07, 6.45) is 2.33. The highest BCUT2D eigenvalue weighted by atomic mass is 32.2. The summed E-state index contributed by atoms with van der Waals surface area (Å²) < 4.78 is 63.2. The Morgan fingerprint density at radius 2 is 1.91 bits per heavy atom.